The van der Waals surface area contributed by atoms with Gasteiger partial charge in [0.05, 0.1) is 7.11 Å². The SMILES string of the molecule is COc1ncccc1C(=O)OC1CC2CCC1(C)C2(C)C. The summed E-state index contributed by atoms with van der Waals surface area (Å²) in [5, 5.41) is 0. The minimum atomic E-state index is -0.325. The number of hydrogen-bond acceptors (Lipinski definition) is 4. The molecule has 0 saturated heterocycles. The number of nitrogens with zero attached hydrogens (tertiary/aromatic N) is 1. The van der Waals surface area contributed by atoms with Crippen molar-refractivity contribution in [2.45, 2.75) is 46.1 Å². The van der Waals surface area contributed by atoms with E-state index in [0.29, 0.717) is 17.4 Å². The van der Waals surface area contributed by atoms with Gasteiger partial charge >= 0.3 is 5.97 Å². The summed E-state index contributed by atoms with van der Waals surface area (Å²) in [6, 6.07) is 3.43. The molecule has 114 valence electrons. The molecule has 2 saturated carbocycles. The number of ether oxygens (including phenoxy) is 2. The van der Waals surface area contributed by atoms with Gasteiger partial charge in [0, 0.05) is 11.6 Å². The maximum absolute atomic E-state index is 12.5. The molecule has 0 spiro atoms. The third-order valence-corrected chi connectivity index (χ3v) is 6.15. The molecule has 2 fully saturated rings. The number of pyridine rings is 1. The fraction of sp³-hybridized carbons (Fsp3) is 0.647. The monoisotopic (exact) mass is 289 g/mol. The van der Waals surface area contributed by atoms with E-state index >= 15 is 0 Å². The Hall–Kier alpha value is -1.58. The van der Waals surface area contributed by atoms with E-state index in [2.05, 4.69) is 25.8 Å². The Kier molecular flexibility index (Phi) is 3.23. The first-order chi connectivity index (χ1) is 9.90. The van der Waals surface area contributed by atoms with E-state index in [1.165, 1.54) is 13.5 Å². The molecule has 2 aliphatic carbocycles. The zero-order chi connectivity index (χ0) is 15.3. The highest BCUT2D eigenvalue weighted by Crippen LogP contribution is 2.66. The summed E-state index contributed by atoms with van der Waals surface area (Å²) in [5.74, 6) is 0.653. The molecule has 3 rings (SSSR count). The Morgan fingerprint density at radius 3 is 2.71 bits per heavy atom. The van der Waals surface area contributed by atoms with Crippen LogP contribution in [0.1, 0.15) is 50.4 Å². The van der Waals surface area contributed by atoms with Crippen LogP contribution >= 0.6 is 0 Å². The Labute approximate surface area is 125 Å². The van der Waals surface area contributed by atoms with E-state index in [1.807, 2.05) is 0 Å². The standard InChI is InChI=1S/C17H23NO3/c1-16(2)11-7-8-17(16,3)13(10-11)21-15(19)12-6-5-9-18-14(12)20-4/h5-6,9,11,13H,7-8,10H2,1-4H3. The average Bonchev–Trinajstić information content (AvgIpc) is 2.80. The van der Waals surface area contributed by atoms with Gasteiger partial charge in [-0.2, -0.15) is 0 Å². The van der Waals surface area contributed by atoms with Crippen molar-refractivity contribution in [2.75, 3.05) is 7.11 Å². The van der Waals surface area contributed by atoms with E-state index in [9.17, 15) is 4.79 Å². The molecule has 3 atom stereocenters. The molecular formula is C17H23NO3. The largest absolute Gasteiger partial charge is 0.480 e. The lowest BCUT2D eigenvalue weighted by Gasteiger charge is -2.38. The summed E-state index contributed by atoms with van der Waals surface area (Å²) in [5.41, 5.74) is 0.712. The number of hydrogen-bond donors (Lipinski definition) is 0. The zero-order valence-corrected chi connectivity index (χ0v) is 13.2. The van der Waals surface area contributed by atoms with Crippen molar-refractivity contribution in [2.24, 2.45) is 16.7 Å². The van der Waals surface area contributed by atoms with E-state index in [0.717, 1.165) is 12.8 Å². The molecule has 21 heavy (non-hydrogen) atoms. The molecule has 1 heterocycles. The Morgan fingerprint density at radius 2 is 2.14 bits per heavy atom. The van der Waals surface area contributed by atoms with E-state index in [1.54, 1.807) is 18.3 Å². The molecular weight excluding hydrogens is 266 g/mol. The predicted molar refractivity (Wildman–Crippen MR) is 79.2 cm³/mol. The predicted octanol–water partition coefficient (Wildman–Crippen LogP) is 3.46. The quantitative estimate of drug-likeness (QED) is 0.800. The molecule has 4 heteroatoms. The number of methoxy groups -OCH3 is 1. The van der Waals surface area contributed by atoms with Crippen LogP contribution in [-0.4, -0.2) is 24.2 Å². The van der Waals surface area contributed by atoms with E-state index in [4.69, 9.17) is 9.47 Å². The molecule has 3 unspecified atom stereocenters. The van der Waals surface area contributed by atoms with Gasteiger partial charge in [-0.3, -0.25) is 0 Å². The molecule has 2 bridgehead atoms. The molecule has 1 aromatic heterocycles. The fourth-order valence-corrected chi connectivity index (χ4v) is 4.21. The van der Waals surface area contributed by atoms with Crippen LogP contribution in [0.25, 0.3) is 0 Å². The highest BCUT2D eigenvalue weighted by atomic mass is 16.5. The van der Waals surface area contributed by atoms with Gasteiger partial charge in [0.1, 0.15) is 11.7 Å². The number of rotatable bonds is 3. The topological polar surface area (TPSA) is 48.4 Å². The lowest BCUT2D eigenvalue weighted by atomic mass is 9.70. The van der Waals surface area contributed by atoms with Crippen molar-refractivity contribution in [3.05, 3.63) is 23.9 Å². The lowest BCUT2D eigenvalue weighted by molar-refractivity contribution is -0.0245. The average molecular weight is 289 g/mol. The van der Waals surface area contributed by atoms with Crippen molar-refractivity contribution in [1.82, 2.24) is 4.98 Å². The third-order valence-electron chi connectivity index (χ3n) is 6.15. The van der Waals surface area contributed by atoms with Crippen LogP contribution in [0.15, 0.2) is 18.3 Å². The zero-order valence-electron chi connectivity index (χ0n) is 13.2. The first kappa shape index (κ1) is 14.4. The number of fused-ring (bicyclic) bond motifs is 2. The van der Waals surface area contributed by atoms with Gasteiger partial charge < -0.3 is 9.47 Å². The molecule has 0 N–H and O–H groups in total. The summed E-state index contributed by atoms with van der Waals surface area (Å²) in [6.45, 7) is 6.88. The van der Waals surface area contributed by atoms with Crippen LogP contribution in [0.4, 0.5) is 0 Å². The molecule has 0 aromatic carbocycles. The third kappa shape index (κ3) is 1.95. The second-order valence-electron chi connectivity index (χ2n) is 7.06. The number of carbonyl (C=O) groups excluding carboxylic acids is 1. The highest BCUT2D eigenvalue weighted by Gasteiger charge is 2.62. The smallest absolute Gasteiger partial charge is 0.343 e. The van der Waals surface area contributed by atoms with Crippen molar-refractivity contribution >= 4 is 5.97 Å². The van der Waals surface area contributed by atoms with Crippen LogP contribution in [-0.2, 0) is 4.74 Å². The Bertz CT molecular complexity index is 569. The van der Waals surface area contributed by atoms with Crippen molar-refractivity contribution in [3.8, 4) is 5.88 Å². The van der Waals surface area contributed by atoms with Crippen LogP contribution in [0, 0.1) is 16.7 Å². The van der Waals surface area contributed by atoms with E-state index < -0.39 is 0 Å². The summed E-state index contributed by atoms with van der Waals surface area (Å²) >= 11 is 0. The molecule has 0 radical (unpaired) electrons. The second-order valence-corrected chi connectivity index (χ2v) is 7.06. The van der Waals surface area contributed by atoms with Gasteiger partial charge in [-0.25, -0.2) is 9.78 Å². The normalized spacial score (nSPS) is 33.0. The van der Waals surface area contributed by atoms with Gasteiger partial charge in [0.25, 0.3) is 0 Å². The summed E-state index contributed by atoms with van der Waals surface area (Å²) in [6.07, 6.45) is 4.94. The van der Waals surface area contributed by atoms with Gasteiger partial charge in [-0.05, 0) is 42.7 Å². The van der Waals surface area contributed by atoms with Gasteiger partial charge in [-0.1, -0.05) is 20.8 Å². The summed E-state index contributed by atoms with van der Waals surface area (Å²) in [4.78, 5) is 16.5. The van der Waals surface area contributed by atoms with Crippen LogP contribution < -0.4 is 4.74 Å². The van der Waals surface area contributed by atoms with Crippen molar-refractivity contribution in [3.63, 3.8) is 0 Å². The second kappa shape index (κ2) is 4.72. The summed E-state index contributed by atoms with van der Waals surface area (Å²) in [7, 11) is 1.51. The van der Waals surface area contributed by atoms with E-state index in [-0.39, 0.29) is 22.9 Å². The van der Waals surface area contributed by atoms with Crippen molar-refractivity contribution in [1.29, 1.82) is 0 Å². The highest BCUT2D eigenvalue weighted by molar-refractivity contribution is 5.92. The maximum Gasteiger partial charge on any atom is 0.343 e. The number of aromatic nitrogens is 1. The number of esters is 1. The summed E-state index contributed by atoms with van der Waals surface area (Å²) < 4.78 is 11.0. The first-order valence-electron chi connectivity index (χ1n) is 7.60. The molecule has 4 nitrogen and oxygen atoms in total. The van der Waals surface area contributed by atoms with Gasteiger partial charge in [-0.15, -0.1) is 0 Å². The van der Waals surface area contributed by atoms with Crippen LogP contribution in [0.3, 0.4) is 0 Å². The maximum atomic E-state index is 12.5. The van der Waals surface area contributed by atoms with Crippen LogP contribution in [0.2, 0.25) is 0 Å². The Balaban J connectivity index is 1.81. The molecule has 1 aromatic rings. The lowest BCUT2D eigenvalue weighted by Crippen LogP contribution is -2.38. The molecule has 2 aliphatic rings. The molecule has 0 aliphatic heterocycles. The Morgan fingerprint density at radius 1 is 1.38 bits per heavy atom. The first-order valence-corrected chi connectivity index (χ1v) is 7.60. The number of carbonyl (C=O) groups is 1. The minimum absolute atomic E-state index is 0.0105. The fourth-order valence-electron chi connectivity index (χ4n) is 4.21. The van der Waals surface area contributed by atoms with Gasteiger partial charge in [0.2, 0.25) is 5.88 Å². The van der Waals surface area contributed by atoms with Crippen molar-refractivity contribution < 1.29 is 14.3 Å². The van der Waals surface area contributed by atoms with Crippen LogP contribution in [0.5, 0.6) is 5.88 Å². The molecule has 0 amide bonds. The van der Waals surface area contributed by atoms with Gasteiger partial charge in [0.15, 0.2) is 0 Å². The minimum Gasteiger partial charge on any atom is -0.480 e.